The fourth-order valence-electron chi connectivity index (χ4n) is 1.62. The Kier molecular flexibility index (Phi) is 2.51. The van der Waals surface area contributed by atoms with Crippen LogP contribution in [0, 0.1) is 0 Å². The van der Waals surface area contributed by atoms with E-state index in [1.54, 1.807) is 12.1 Å². The maximum atomic E-state index is 10.8. The van der Waals surface area contributed by atoms with E-state index in [-0.39, 0.29) is 11.7 Å². The fraction of sp³-hybridized carbons (Fsp3) is 0.444. The number of carbonyl (C=O) groups excluding carboxylic acids is 1. The van der Waals surface area contributed by atoms with Gasteiger partial charge in [-0.25, -0.2) is 0 Å². The predicted octanol–water partition coefficient (Wildman–Crippen LogP) is -0.887. The molecule has 2 rings (SSSR count). The third-order valence-electron chi connectivity index (χ3n) is 2.45. The molecule has 1 aromatic heterocycles. The van der Waals surface area contributed by atoms with Gasteiger partial charge in [0.1, 0.15) is 0 Å². The van der Waals surface area contributed by atoms with E-state index >= 15 is 0 Å². The zero-order chi connectivity index (χ0) is 10.8. The SMILES string of the molecule is NC(=O)c1ccc(N2CCC(N)C2)nn1. The van der Waals surface area contributed by atoms with Crippen LogP contribution in [0.5, 0.6) is 0 Å². The lowest BCUT2D eigenvalue weighted by atomic mass is 10.3. The number of nitrogens with zero attached hydrogens (tertiary/aromatic N) is 3. The molecule has 6 heteroatoms. The quantitative estimate of drug-likeness (QED) is 0.655. The van der Waals surface area contributed by atoms with Crippen LogP contribution in [0.1, 0.15) is 16.9 Å². The largest absolute Gasteiger partial charge is 0.364 e. The molecule has 80 valence electrons. The first-order chi connectivity index (χ1) is 7.16. The molecule has 4 N–H and O–H groups in total. The van der Waals surface area contributed by atoms with Crippen LogP contribution in [-0.2, 0) is 0 Å². The number of nitrogens with two attached hydrogens (primary N) is 2. The van der Waals surface area contributed by atoms with E-state index in [1.165, 1.54) is 0 Å². The van der Waals surface area contributed by atoms with Gasteiger partial charge in [-0.15, -0.1) is 10.2 Å². The summed E-state index contributed by atoms with van der Waals surface area (Å²) in [6, 6.07) is 3.52. The van der Waals surface area contributed by atoms with Gasteiger partial charge in [0.2, 0.25) is 0 Å². The van der Waals surface area contributed by atoms with Crippen molar-refractivity contribution in [3.63, 3.8) is 0 Å². The van der Waals surface area contributed by atoms with E-state index in [2.05, 4.69) is 10.2 Å². The Morgan fingerprint density at radius 2 is 2.27 bits per heavy atom. The molecule has 1 aliphatic rings. The smallest absolute Gasteiger partial charge is 0.269 e. The monoisotopic (exact) mass is 207 g/mol. The van der Waals surface area contributed by atoms with Crippen molar-refractivity contribution in [1.29, 1.82) is 0 Å². The summed E-state index contributed by atoms with van der Waals surface area (Å²) in [5.41, 5.74) is 11.0. The first-order valence-corrected chi connectivity index (χ1v) is 4.81. The van der Waals surface area contributed by atoms with Crippen molar-refractivity contribution in [3.05, 3.63) is 17.8 Å². The molecule has 1 fully saturated rings. The predicted molar refractivity (Wildman–Crippen MR) is 55.4 cm³/mol. The molecular formula is C9H13N5O. The van der Waals surface area contributed by atoms with Crippen LogP contribution in [0.4, 0.5) is 5.82 Å². The molecule has 0 saturated carbocycles. The van der Waals surface area contributed by atoms with E-state index in [4.69, 9.17) is 11.5 Å². The number of aromatic nitrogens is 2. The average molecular weight is 207 g/mol. The molecule has 0 spiro atoms. The van der Waals surface area contributed by atoms with Crippen molar-refractivity contribution >= 4 is 11.7 Å². The van der Waals surface area contributed by atoms with Crippen LogP contribution >= 0.6 is 0 Å². The van der Waals surface area contributed by atoms with Gasteiger partial charge in [0.25, 0.3) is 5.91 Å². The minimum Gasteiger partial charge on any atom is -0.364 e. The molecule has 1 aromatic rings. The number of carbonyl (C=O) groups is 1. The summed E-state index contributed by atoms with van der Waals surface area (Å²) in [5, 5.41) is 7.68. The zero-order valence-electron chi connectivity index (χ0n) is 8.26. The van der Waals surface area contributed by atoms with E-state index in [0.717, 1.165) is 25.3 Å². The summed E-state index contributed by atoms with van der Waals surface area (Å²) in [5.74, 6) is 0.181. The number of amides is 1. The summed E-state index contributed by atoms with van der Waals surface area (Å²) in [7, 11) is 0. The van der Waals surface area contributed by atoms with Gasteiger partial charge in [0, 0.05) is 19.1 Å². The summed E-state index contributed by atoms with van der Waals surface area (Å²) in [6.45, 7) is 1.66. The third kappa shape index (κ3) is 2.04. The van der Waals surface area contributed by atoms with Gasteiger partial charge in [-0.05, 0) is 18.6 Å². The van der Waals surface area contributed by atoms with E-state index in [1.807, 2.05) is 4.90 Å². The van der Waals surface area contributed by atoms with Crippen LogP contribution in [0.15, 0.2) is 12.1 Å². The summed E-state index contributed by atoms with van der Waals surface area (Å²) in [4.78, 5) is 12.8. The Morgan fingerprint density at radius 3 is 2.73 bits per heavy atom. The highest BCUT2D eigenvalue weighted by Crippen LogP contribution is 2.15. The van der Waals surface area contributed by atoms with Crippen molar-refractivity contribution in [2.75, 3.05) is 18.0 Å². The van der Waals surface area contributed by atoms with Gasteiger partial charge >= 0.3 is 0 Å². The normalized spacial score (nSPS) is 20.6. The van der Waals surface area contributed by atoms with Crippen molar-refractivity contribution in [2.45, 2.75) is 12.5 Å². The standard InChI is InChI=1S/C9H13N5O/c10-6-3-4-14(5-6)8-2-1-7(9(11)15)12-13-8/h1-2,6H,3-5,10H2,(H2,11,15). The van der Waals surface area contributed by atoms with Gasteiger partial charge in [0.05, 0.1) is 0 Å². The second-order valence-corrected chi connectivity index (χ2v) is 3.64. The molecule has 15 heavy (non-hydrogen) atoms. The van der Waals surface area contributed by atoms with Gasteiger partial charge in [-0.3, -0.25) is 4.79 Å². The van der Waals surface area contributed by atoms with Gasteiger partial charge in [-0.2, -0.15) is 0 Å². The highest BCUT2D eigenvalue weighted by molar-refractivity contribution is 5.90. The van der Waals surface area contributed by atoms with Gasteiger partial charge in [0.15, 0.2) is 11.5 Å². The number of hydrogen-bond donors (Lipinski definition) is 2. The molecule has 2 heterocycles. The Balaban J connectivity index is 2.13. The molecule has 1 amide bonds. The summed E-state index contributed by atoms with van der Waals surface area (Å²) in [6.07, 6.45) is 0.958. The first kappa shape index (κ1) is 9.85. The maximum Gasteiger partial charge on any atom is 0.269 e. The number of rotatable bonds is 2. The van der Waals surface area contributed by atoms with Gasteiger partial charge < -0.3 is 16.4 Å². The zero-order valence-corrected chi connectivity index (χ0v) is 8.26. The molecule has 0 bridgehead atoms. The average Bonchev–Trinajstić information content (AvgIpc) is 2.65. The lowest BCUT2D eigenvalue weighted by molar-refractivity contribution is 0.0994. The number of hydrogen-bond acceptors (Lipinski definition) is 5. The van der Waals surface area contributed by atoms with Crippen LogP contribution in [0.2, 0.25) is 0 Å². The van der Waals surface area contributed by atoms with Crippen LogP contribution in [0.25, 0.3) is 0 Å². The second-order valence-electron chi connectivity index (χ2n) is 3.64. The minimum atomic E-state index is -0.563. The van der Waals surface area contributed by atoms with Crippen molar-refractivity contribution in [2.24, 2.45) is 11.5 Å². The molecule has 0 aliphatic carbocycles. The lowest BCUT2D eigenvalue weighted by Gasteiger charge is -2.15. The third-order valence-corrected chi connectivity index (χ3v) is 2.45. The van der Waals surface area contributed by atoms with E-state index in [9.17, 15) is 4.79 Å². The second kappa shape index (κ2) is 3.82. The molecule has 0 radical (unpaired) electrons. The lowest BCUT2D eigenvalue weighted by Crippen LogP contribution is -2.27. The molecule has 1 saturated heterocycles. The van der Waals surface area contributed by atoms with Crippen molar-refractivity contribution in [1.82, 2.24) is 10.2 Å². The van der Waals surface area contributed by atoms with Crippen LogP contribution in [-0.4, -0.2) is 35.2 Å². The highest BCUT2D eigenvalue weighted by Gasteiger charge is 2.20. The molecule has 6 nitrogen and oxygen atoms in total. The fourth-order valence-corrected chi connectivity index (χ4v) is 1.62. The van der Waals surface area contributed by atoms with Crippen LogP contribution < -0.4 is 16.4 Å². The highest BCUT2D eigenvalue weighted by atomic mass is 16.1. The Morgan fingerprint density at radius 1 is 1.47 bits per heavy atom. The summed E-state index contributed by atoms with van der Waals surface area (Å²) < 4.78 is 0. The van der Waals surface area contributed by atoms with Crippen molar-refractivity contribution < 1.29 is 4.79 Å². The molecule has 0 aromatic carbocycles. The maximum absolute atomic E-state index is 10.8. The molecule has 1 aliphatic heterocycles. The molecule has 1 unspecified atom stereocenters. The van der Waals surface area contributed by atoms with Gasteiger partial charge in [-0.1, -0.05) is 0 Å². The first-order valence-electron chi connectivity index (χ1n) is 4.81. The summed E-state index contributed by atoms with van der Waals surface area (Å²) >= 11 is 0. The van der Waals surface area contributed by atoms with E-state index in [0.29, 0.717) is 0 Å². The van der Waals surface area contributed by atoms with E-state index < -0.39 is 5.91 Å². The molecule has 1 atom stereocenters. The number of anilines is 1. The van der Waals surface area contributed by atoms with Crippen molar-refractivity contribution in [3.8, 4) is 0 Å². The molecular weight excluding hydrogens is 194 g/mol. The Labute approximate surface area is 87.3 Å². The number of primary amides is 1. The topological polar surface area (TPSA) is 98.1 Å². The van der Waals surface area contributed by atoms with Crippen LogP contribution in [0.3, 0.4) is 0 Å². The Bertz CT molecular complexity index is 363. The Hall–Kier alpha value is -1.69. The minimum absolute atomic E-state index is 0.183.